The molecule has 0 aliphatic rings. The first kappa shape index (κ1) is 20.6. The van der Waals surface area contributed by atoms with Gasteiger partial charge < -0.3 is 15.0 Å². The molecule has 3 aromatic rings. The maximum absolute atomic E-state index is 5.71. The molecule has 0 bridgehead atoms. The van der Waals surface area contributed by atoms with Gasteiger partial charge >= 0.3 is 0 Å². The van der Waals surface area contributed by atoms with Crippen LogP contribution in [0.15, 0.2) is 60.7 Å². The molecule has 0 unspecified atom stereocenters. The third-order valence-electron chi connectivity index (χ3n) is 4.44. The Morgan fingerprint density at radius 3 is 2.24 bits per heavy atom. The molecule has 3 rings (SSSR count). The molecule has 0 spiro atoms. The number of aromatic nitrogens is 2. The fourth-order valence-electron chi connectivity index (χ4n) is 3.08. The van der Waals surface area contributed by atoms with Crippen LogP contribution in [0.3, 0.4) is 0 Å². The zero-order chi connectivity index (χ0) is 20.8. The molecule has 152 valence electrons. The minimum Gasteiger partial charge on any atom is -0.491 e. The fourth-order valence-corrected chi connectivity index (χ4v) is 3.08. The molecular weight excluding hydrogens is 360 g/mol. The summed E-state index contributed by atoms with van der Waals surface area (Å²) in [6.45, 7) is 11.2. The van der Waals surface area contributed by atoms with E-state index in [1.54, 1.807) is 0 Å². The van der Waals surface area contributed by atoms with E-state index in [0.29, 0.717) is 12.0 Å². The van der Waals surface area contributed by atoms with Crippen LogP contribution in [0.4, 0.5) is 17.5 Å². The van der Waals surface area contributed by atoms with E-state index in [4.69, 9.17) is 9.72 Å². The largest absolute Gasteiger partial charge is 0.491 e. The first-order valence-electron chi connectivity index (χ1n) is 10.1. The summed E-state index contributed by atoms with van der Waals surface area (Å²) >= 11 is 0. The number of ether oxygens (including phenoxy) is 1. The van der Waals surface area contributed by atoms with Crippen LogP contribution in [0.2, 0.25) is 0 Å². The second-order valence-electron chi connectivity index (χ2n) is 7.71. The maximum Gasteiger partial charge on any atom is 0.229 e. The van der Waals surface area contributed by atoms with Crippen molar-refractivity contribution >= 4 is 17.5 Å². The van der Waals surface area contributed by atoms with E-state index in [9.17, 15) is 0 Å². The summed E-state index contributed by atoms with van der Waals surface area (Å²) < 4.78 is 5.71. The highest BCUT2D eigenvalue weighted by Gasteiger charge is 2.15. The molecule has 0 fully saturated rings. The van der Waals surface area contributed by atoms with Crippen molar-refractivity contribution in [2.75, 3.05) is 10.2 Å². The number of hydrogen-bond donors (Lipinski definition) is 1. The highest BCUT2D eigenvalue weighted by atomic mass is 16.5. The average Bonchev–Trinajstić information content (AvgIpc) is 2.67. The predicted octanol–water partition coefficient (Wildman–Crippen LogP) is 5.73. The average molecular weight is 391 g/mol. The molecule has 0 saturated heterocycles. The summed E-state index contributed by atoms with van der Waals surface area (Å²) in [4.78, 5) is 11.6. The van der Waals surface area contributed by atoms with Gasteiger partial charge in [-0.25, -0.2) is 4.98 Å². The standard InChI is InChI=1S/C24H30N4O/c1-17(2)28(16-20-9-7-6-8-10-20)23-15-19(5)25-24(27-23)26-21-11-13-22(14-12-21)29-18(3)4/h6-15,17-18H,16H2,1-5H3,(H,25,26,27). The number of nitrogens with one attached hydrogen (secondary N) is 1. The van der Waals surface area contributed by atoms with Crippen molar-refractivity contribution in [3.63, 3.8) is 0 Å². The molecule has 1 aromatic heterocycles. The van der Waals surface area contributed by atoms with Gasteiger partial charge in [-0.05, 0) is 64.4 Å². The van der Waals surface area contributed by atoms with Gasteiger partial charge in [-0.3, -0.25) is 0 Å². The first-order chi connectivity index (χ1) is 13.9. The third-order valence-corrected chi connectivity index (χ3v) is 4.44. The minimum absolute atomic E-state index is 0.156. The smallest absolute Gasteiger partial charge is 0.229 e. The van der Waals surface area contributed by atoms with Crippen LogP contribution in [0.1, 0.15) is 39.0 Å². The van der Waals surface area contributed by atoms with Crippen molar-refractivity contribution in [1.82, 2.24) is 9.97 Å². The second kappa shape index (κ2) is 9.41. The van der Waals surface area contributed by atoms with E-state index in [0.717, 1.165) is 29.5 Å². The van der Waals surface area contributed by atoms with Crippen molar-refractivity contribution in [1.29, 1.82) is 0 Å². The van der Waals surface area contributed by atoms with E-state index >= 15 is 0 Å². The van der Waals surface area contributed by atoms with Gasteiger partial charge in [0.2, 0.25) is 5.95 Å². The van der Waals surface area contributed by atoms with Crippen LogP contribution in [0.25, 0.3) is 0 Å². The van der Waals surface area contributed by atoms with Crippen LogP contribution in [-0.2, 0) is 6.54 Å². The molecule has 0 atom stereocenters. The second-order valence-corrected chi connectivity index (χ2v) is 7.71. The monoisotopic (exact) mass is 390 g/mol. The maximum atomic E-state index is 5.71. The highest BCUT2D eigenvalue weighted by molar-refractivity contribution is 5.57. The Bertz CT molecular complexity index is 908. The van der Waals surface area contributed by atoms with E-state index in [1.807, 2.05) is 57.2 Å². The third kappa shape index (κ3) is 5.95. The van der Waals surface area contributed by atoms with Gasteiger partial charge in [0.25, 0.3) is 0 Å². The van der Waals surface area contributed by atoms with Gasteiger partial charge in [-0.15, -0.1) is 0 Å². The van der Waals surface area contributed by atoms with Crippen LogP contribution in [-0.4, -0.2) is 22.1 Å². The normalized spacial score (nSPS) is 11.0. The Morgan fingerprint density at radius 1 is 0.931 bits per heavy atom. The zero-order valence-corrected chi connectivity index (χ0v) is 17.9. The Balaban J connectivity index is 1.81. The molecule has 1 heterocycles. The molecule has 0 aliphatic heterocycles. The molecule has 0 aliphatic carbocycles. The summed E-state index contributed by atoms with van der Waals surface area (Å²) in [6.07, 6.45) is 0.156. The van der Waals surface area contributed by atoms with Crippen LogP contribution in [0.5, 0.6) is 5.75 Å². The van der Waals surface area contributed by atoms with Crippen LogP contribution >= 0.6 is 0 Å². The van der Waals surface area contributed by atoms with Crippen molar-refractivity contribution in [2.45, 2.75) is 53.3 Å². The molecule has 5 nitrogen and oxygen atoms in total. The van der Waals surface area contributed by atoms with Gasteiger partial charge in [-0.1, -0.05) is 30.3 Å². The lowest BCUT2D eigenvalue weighted by Crippen LogP contribution is -2.31. The predicted molar refractivity (Wildman–Crippen MR) is 120 cm³/mol. The molecule has 2 aromatic carbocycles. The Morgan fingerprint density at radius 2 is 1.62 bits per heavy atom. The number of benzene rings is 2. The van der Waals surface area contributed by atoms with E-state index < -0.39 is 0 Å². The van der Waals surface area contributed by atoms with Crippen molar-refractivity contribution < 1.29 is 4.74 Å². The molecule has 5 heteroatoms. The number of hydrogen-bond acceptors (Lipinski definition) is 5. The van der Waals surface area contributed by atoms with Gasteiger partial charge in [-0.2, -0.15) is 4.98 Å². The van der Waals surface area contributed by atoms with Gasteiger partial charge in [0.15, 0.2) is 0 Å². The minimum atomic E-state index is 0.156. The van der Waals surface area contributed by atoms with Crippen molar-refractivity contribution in [2.24, 2.45) is 0 Å². The molecular formula is C24H30N4O. The zero-order valence-electron chi connectivity index (χ0n) is 17.9. The van der Waals surface area contributed by atoms with Crippen molar-refractivity contribution in [3.05, 3.63) is 71.9 Å². The Hall–Kier alpha value is -3.08. The van der Waals surface area contributed by atoms with Gasteiger partial charge in [0.1, 0.15) is 11.6 Å². The van der Waals surface area contributed by atoms with E-state index in [2.05, 4.69) is 53.3 Å². The summed E-state index contributed by atoms with van der Waals surface area (Å²) in [6, 6.07) is 20.7. The van der Waals surface area contributed by atoms with E-state index in [1.165, 1.54) is 5.56 Å². The van der Waals surface area contributed by atoms with Crippen LogP contribution < -0.4 is 15.0 Å². The lowest BCUT2D eigenvalue weighted by molar-refractivity contribution is 0.242. The lowest BCUT2D eigenvalue weighted by atomic mass is 10.2. The molecule has 1 N–H and O–H groups in total. The summed E-state index contributed by atoms with van der Waals surface area (Å²) in [7, 11) is 0. The molecule has 29 heavy (non-hydrogen) atoms. The quantitative estimate of drug-likeness (QED) is 0.532. The van der Waals surface area contributed by atoms with Gasteiger partial charge in [0, 0.05) is 30.0 Å². The van der Waals surface area contributed by atoms with Gasteiger partial charge in [0.05, 0.1) is 6.10 Å². The molecule has 0 amide bonds. The number of aryl methyl sites for hydroxylation is 1. The SMILES string of the molecule is Cc1cc(N(Cc2ccccc2)C(C)C)nc(Nc2ccc(OC(C)C)cc2)n1. The lowest BCUT2D eigenvalue weighted by Gasteiger charge is -2.28. The molecule has 0 saturated carbocycles. The first-order valence-corrected chi connectivity index (χ1v) is 10.1. The van der Waals surface area contributed by atoms with Crippen LogP contribution in [0, 0.1) is 6.92 Å². The topological polar surface area (TPSA) is 50.3 Å². The summed E-state index contributed by atoms with van der Waals surface area (Å²) in [5.74, 6) is 2.36. The van der Waals surface area contributed by atoms with Crippen molar-refractivity contribution in [3.8, 4) is 5.75 Å². The highest BCUT2D eigenvalue weighted by Crippen LogP contribution is 2.23. The number of anilines is 3. The van der Waals surface area contributed by atoms with E-state index in [-0.39, 0.29) is 6.10 Å². The fraction of sp³-hybridized carbons (Fsp3) is 0.333. The Labute approximate surface area is 173 Å². The number of rotatable bonds is 8. The Kier molecular flexibility index (Phi) is 6.70. The number of nitrogens with zero attached hydrogens (tertiary/aromatic N) is 3. The summed E-state index contributed by atoms with van der Waals surface area (Å²) in [5.41, 5.74) is 3.11. The molecule has 0 radical (unpaired) electrons. The summed E-state index contributed by atoms with van der Waals surface area (Å²) in [5, 5.41) is 3.32.